The molecular formula is C12H13BrF3NOS. The normalized spacial score (nSPS) is 14.3. The van der Waals surface area contributed by atoms with Crippen LogP contribution in [0, 0.1) is 5.82 Å². The van der Waals surface area contributed by atoms with E-state index < -0.39 is 33.5 Å². The number of alkyl halides is 2. The van der Waals surface area contributed by atoms with Gasteiger partial charge < -0.3 is 0 Å². The third-order valence-electron chi connectivity index (χ3n) is 2.20. The second-order valence-electron chi connectivity index (χ2n) is 4.76. The van der Waals surface area contributed by atoms with E-state index in [9.17, 15) is 17.4 Å². The van der Waals surface area contributed by atoms with E-state index in [0.717, 1.165) is 6.21 Å². The van der Waals surface area contributed by atoms with Crippen molar-refractivity contribution in [2.75, 3.05) is 0 Å². The zero-order valence-electron chi connectivity index (χ0n) is 10.6. The molecule has 2 nitrogen and oxygen atoms in total. The number of benzene rings is 1. The van der Waals surface area contributed by atoms with E-state index in [4.69, 9.17) is 0 Å². The topological polar surface area (TPSA) is 29.4 Å². The molecule has 0 unspecified atom stereocenters. The number of nitrogens with zero attached hydrogens (tertiary/aromatic N) is 1. The van der Waals surface area contributed by atoms with E-state index in [0.29, 0.717) is 0 Å². The van der Waals surface area contributed by atoms with Crippen LogP contribution >= 0.6 is 15.9 Å². The fourth-order valence-electron chi connectivity index (χ4n) is 1.18. The van der Waals surface area contributed by atoms with Crippen LogP contribution < -0.4 is 0 Å². The largest absolute Gasteiger partial charge is 0.267 e. The first-order valence-electron chi connectivity index (χ1n) is 5.36. The third kappa shape index (κ3) is 4.14. The number of halogens is 4. The van der Waals surface area contributed by atoms with Gasteiger partial charge in [0.2, 0.25) is 0 Å². The lowest BCUT2D eigenvalue weighted by Crippen LogP contribution is -2.19. The van der Waals surface area contributed by atoms with Gasteiger partial charge in [-0.1, -0.05) is 6.07 Å². The number of rotatable bonds is 3. The molecule has 0 N–H and O–H groups in total. The molecule has 0 heterocycles. The molecule has 1 rings (SSSR count). The molecule has 0 saturated heterocycles. The number of hydrogen-bond acceptors (Lipinski definition) is 1. The monoisotopic (exact) mass is 355 g/mol. The highest BCUT2D eigenvalue weighted by Gasteiger charge is 2.21. The first-order chi connectivity index (χ1) is 8.64. The summed E-state index contributed by atoms with van der Waals surface area (Å²) in [5.74, 6) is -1.03. The maximum Gasteiger partial charge on any atom is 0.267 e. The Morgan fingerprint density at radius 1 is 1.37 bits per heavy atom. The Balaban J connectivity index is 3.19. The smallest absolute Gasteiger partial charge is 0.234 e. The average Bonchev–Trinajstić information content (AvgIpc) is 2.28. The van der Waals surface area contributed by atoms with Crippen LogP contribution in [-0.4, -0.2) is 15.2 Å². The summed E-state index contributed by atoms with van der Waals surface area (Å²) in [5.41, 5.74) is -0.822. The summed E-state index contributed by atoms with van der Waals surface area (Å²) < 4.78 is 54.0. The molecule has 0 saturated carbocycles. The minimum Gasteiger partial charge on any atom is -0.234 e. The van der Waals surface area contributed by atoms with Crippen molar-refractivity contribution < 1.29 is 17.4 Å². The summed E-state index contributed by atoms with van der Waals surface area (Å²) >= 11 is 2.85. The Morgan fingerprint density at radius 3 is 2.42 bits per heavy atom. The van der Waals surface area contributed by atoms with E-state index in [1.165, 1.54) is 12.1 Å². The highest BCUT2D eigenvalue weighted by Crippen LogP contribution is 2.30. The molecule has 0 aliphatic heterocycles. The second-order valence-corrected chi connectivity index (χ2v) is 7.55. The maximum atomic E-state index is 13.6. The van der Waals surface area contributed by atoms with Crippen LogP contribution in [-0.2, 0) is 11.0 Å². The lowest BCUT2D eigenvalue weighted by Gasteiger charge is -2.13. The SMILES string of the molecule is CC(C)(C)[S@](=O)N=Cc1ccc(Br)c(F)c1C(F)F. The van der Waals surface area contributed by atoms with Gasteiger partial charge in [0.05, 0.1) is 14.8 Å². The van der Waals surface area contributed by atoms with Gasteiger partial charge in [-0.05, 0) is 42.8 Å². The summed E-state index contributed by atoms with van der Waals surface area (Å²) in [7, 11) is -1.58. The fourth-order valence-corrected chi connectivity index (χ4v) is 2.05. The molecule has 1 aromatic carbocycles. The second kappa shape index (κ2) is 6.17. The Morgan fingerprint density at radius 2 is 1.95 bits per heavy atom. The van der Waals surface area contributed by atoms with Crippen LogP contribution in [0.15, 0.2) is 21.0 Å². The van der Waals surface area contributed by atoms with Gasteiger partial charge >= 0.3 is 0 Å². The molecule has 0 amide bonds. The Labute approximate surface area is 120 Å². The predicted molar refractivity (Wildman–Crippen MR) is 74.5 cm³/mol. The summed E-state index contributed by atoms with van der Waals surface area (Å²) in [4.78, 5) is 0. The first-order valence-corrected chi connectivity index (χ1v) is 7.26. The Bertz CT molecular complexity index is 526. The van der Waals surface area contributed by atoms with Gasteiger partial charge in [-0.3, -0.25) is 0 Å². The van der Waals surface area contributed by atoms with Gasteiger partial charge in [0, 0.05) is 11.8 Å². The van der Waals surface area contributed by atoms with Gasteiger partial charge in [0.25, 0.3) is 6.43 Å². The minimum absolute atomic E-state index is 0.0445. The molecule has 1 atom stereocenters. The lowest BCUT2D eigenvalue weighted by molar-refractivity contribution is 0.146. The van der Waals surface area contributed by atoms with Crippen molar-refractivity contribution in [2.45, 2.75) is 31.9 Å². The molecule has 0 spiro atoms. The average molecular weight is 356 g/mol. The van der Waals surface area contributed by atoms with E-state index in [-0.39, 0.29) is 10.0 Å². The molecule has 19 heavy (non-hydrogen) atoms. The Kier molecular flexibility index (Phi) is 5.32. The Hall–Kier alpha value is -0.690. The zero-order valence-corrected chi connectivity index (χ0v) is 13.0. The van der Waals surface area contributed by atoms with Gasteiger partial charge in [-0.2, -0.15) is 4.40 Å². The highest BCUT2D eigenvalue weighted by atomic mass is 79.9. The van der Waals surface area contributed by atoms with Crippen molar-refractivity contribution in [3.63, 3.8) is 0 Å². The van der Waals surface area contributed by atoms with Crippen molar-refractivity contribution in [3.05, 3.63) is 33.5 Å². The van der Waals surface area contributed by atoms with Crippen LogP contribution in [0.1, 0.15) is 38.3 Å². The molecule has 106 valence electrons. The van der Waals surface area contributed by atoms with Crippen LogP contribution in [0.4, 0.5) is 13.2 Å². The van der Waals surface area contributed by atoms with Crippen LogP contribution in [0.3, 0.4) is 0 Å². The molecule has 7 heteroatoms. The molecule has 0 aliphatic rings. The standard InChI is InChI=1S/C12H13BrF3NOS/c1-12(2,3)19(18)17-6-7-4-5-8(13)10(14)9(7)11(15)16/h4-6,11H,1-3H3/t19-/m0/s1. The van der Waals surface area contributed by atoms with Crippen molar-refractivity contribution in [2.24, 2.45) is 4.40 Å². The molecule has 0 radical (unpaired) electrons. The molecule has 0 bridgehead atoms. The fraction of sp³-hybridized carbons (Fsp3) is 0.417. The van der Waals surface area contributed by atoms with Crippen LogP contribution in [0.25, 0.3) is 0 Å². The molecule has 1 aromatic rings. The third-order valence-corrected chi connectivity index (χ3v) is 4.15. The molecule has 0 aromatic heterocycles. The van der Waals surface area contributed by atoms with Crippen molar-refractivity contribution in [1.82, 2.24) is 0 Å². The van der Waals surface area contributed by atoms with E-state index in [1.54, 1.807) is 20.8 Å². The van der Waals surface area contributed by atoms with Gasteiger partial charge in [0.15, 0.2) is 0 Å². The van der Waals surface area contributed by atoms with Gasteiger partial charge in [-0.25, -0.2) is 17.4 Å². The van der Waals surface area contributed by atoms with Crippen molar-refractivity contribution in [3.8, 4) is 0 Å². The molecular weight excluding hydrogens is 343 g/mol. The first kappa shape index (κ1) is 16.4. The van der Waals surface area contributed by atoms with Crippen molar-refractivity contribution in [1.29, 1.82) is 0 Å². The summed E-state index contributed by atoms with van der Waals surface area (Å²) in [5, 5.41) is 0. The minimum atomic E-state index is -2.97. The summed E-state index contributed by atoms with van der Waals surface area (Å²) in [6.45, 7) is 5.11. The van der Waals surface area contributed by atoms with Crippen LogP contribution in [0.2, 0.25) is 0 Å². The van der Waals surface area contributed by atoms with E-state index in [2.05, 4.69) is 20.3 Å². The maximum absolute atomic E-state index is 13.6. The zero-order chi connectivity index (χ0) is 14.8. The quantitative estimate of drug-likeness (QED) is 0.738. The predicted octanol–water partition coefficient (Wildman–Crippen LogP) is 4.41. The summed E-state index contributed by atoms with van der Waals surface area (Å²) in [6, 6.07) is 2.61. The highest BCUT2D eigenvalue weighted by molar-refractivity contribution is 9.10. The van der Waals surface area contributed by atoms with Crippen LogP contribution in [0.5, 0.6) is 0 Å². The van der Waals surface area contributed by atoms with Crippen molar-refractivity contribution >= 4 is 33.1 Å². The van der Waals surface area contributed by atoms with Gasteiger partial charge in [0.1, 0.15) is 16.8 Å². The molecule has 0 aliphatic carbocycles. The van der Waals surface area contributed by atoms with Gasteiger partial charge in [-0.15, -0.1) is 0 Å². The number of hydrogen-bond donors (Lipinski definition) is 0. The molecule has 0 fully saturated rings. The van der Waals surface area contributed by atoms with E-state index in [1.807, 2.05) is 0 Å². The lowest BCUT2D eigenvalue weighted by atomic mass is 10.1. The van der Waals surface area contributed by atoms with E-state index >= 15 is 0 Å². The summed E-state index contributed by atoms with van der Waals surface area (Å²) in [6.07, 6.45) is -1.94.